The number of likely N-dealkylation sites (N-methyl/N-ethyl adjacent to an activating group) is 1. The molecule has 0 spiro atoms. The fourth-order valence-corrected chi connectivity index (χ4v) is 4.51. The number of aliphatic hydroxyl groups excluding tert-OH is 1. The molecule has 3 aromatic rings. The number of esters is 1. The maximum absolute atomic E-state index is 13.1. The van der Waals surface area contributed by atoms with Crippen LogP contribution in [0.2, 0.25) is 0 Å². The van der Waals surface area contributed by atoms with E-state index in [9.17, 15) is 23.1 Å². The van der Waals surface area contributed by atoms with Crippen LogP contribution in [-0.2, 0) is 20.8 Å². The number of fused-ring (bicyclic) bond motifs is 1. The van der Waals surface area contributed by atoms with Gasteiger partial charge < -0.3 is 30.1 Å². The molecule has 0 saturated carbocycles. The van der Waals surface area contributed by atoms with Crippen LogP contribution in [0.1, 0.15) is 31.5 Å². The van der Waals surface area contributed by atoms with E-state index < -0.39 is 36.7 Å². The lowest BCUT2D eigenvalue weighted by Gasteiger charge is -2.23. The summed E-state index contributed by atoms with van der Waals surface area (Å²) >= 11 is 0. The number of carbonyl (C=O) groups is 1. The Morgan fingerprint density at radius 3 is 2.74 bits per heavy atom. The molecule has 38 heavy (non-hydrogen) atoms. The molecule has 0 amide bonds. The van der Waals surface area contributed by atoms with E-state index in [1.54, 1.807) is 6.92 Å². The number of alkyl halides is 3. The van der Waals surface area contributed by atoms with E-state index in [0.29, 0.717) is 25.6 Å². The Labute approximate surface area is 213 Å². The van der Waals surface area contributed by atoms with Gasteiger partial charge in [0.1, 0.15) is 11.6 Å². The molecule has 5 heterocycles. The number of hydrogen-bond donors (Lipinski definition) is 2. The van der Waals surface area contributed by atoms with Gasteiger partial charge >= 0.3 is 12.1 Å². The molecular weight excluding hydrogens is 515 g/mol. The first-order valence-corrected chi connectivity index (χ1v) is 11.8. The summed E-state index contributed by atoms with van der Waals surface area (Å²) in [6.07, 6.45) is -9.63. The molecule has 3 N–H and O–H groups in total. The Morgan fingerprint density at radius 2 is 2.11 bits per heavy atom. The molecule has 0 radical (unpaired) electrons. The molecule has 18 heteroatoms. The Hall–Kier alpha value is -3.64. The number of nitrogen functional groups attached to an aromatic ring is 1. The summed E-state index contributed by atoms with van der Waals surface area (Å²) in [5.74, 6) is -2.25. The fraction of sp³-hybridized carbons (Fsp3) is 0.650. The van der Waals surface area contributed by atoms with E-state index >= 15 is 0 Å². The minimum Gasteiger partial charge on any atom is -0.448 e. The van der Waals surface area contributed by atoms with Crippen molar-refractivity contribution in [2.45, 2.75) is 56.6 Å². The van der Waals surface area contributed by atoms with Crippen LogP contribution in [-0.4, -0.2) is 107 Å². The molecule has 2 aliphatic heterocycles. The number of carbonyl (C=O) groups excluding carboxylic acids is 1. The van der Waals surface area contributed by atoms with Crippen LogP contribution >= 0.6 is 0 Å². The molecule has 5 atom stereocenters. The van der Waals surface area contributed by atoms with Crippen LogP contribution in [0.5, 0.6) is 0 Å². The molecule has 3 aromatic heterocycles. The lowest BCUT2D eigenvalue weighted by atomic mass is 10.1. The quantitative estimate of drug-likeness (QED) is 0.388. The number of tetrazole rings is 1. The van der Waals surface area contributed by atoms with Crippen LogP contribution in [0.4, 0.5) is 24.9 Å². The van der Waals surface area contributed by atoms with Crippen molar-refractivity contribution in [3.8, 4) is 0 Å². The summed E-state index contributed by atoms with van der Waals surface area (Å²) < 4.78 is 51.1. The van der Waals surface area contributed by atoms with Gasteiger partial charge in [-0.3, -0.25) is 4.57 Å². The lowest BCUT2D eigenvalue weighted by Crippen LogP contribution is -2.38. The van der Waals surface area contributed by atoms with Crippen LogP contribution < -0.4 is 10.6 Å². The number of aliphatic hydroxyl groups is 1. The third-order valence-electron chi connectivity index (χ3n) is 6.58. The second-order valence-electron chi connectivity index (χ2n) is 9.23. The molecule has 0 aliphatic carbocycles. The Balaban J connectivity index is 1.53. The lowest BCUT2D eigenvalue weighted by molar-refractivity contribution is -0.211. The van der Waals surface area contributed by atoms with E-state index in [-0.39, 0.29) is 28.8 Å². The maximum atomic E-state index is 13.1. The molecule has 5 rings (SSSR count). The van der Waals surface area contributed by atoms with Crippen LogP contribution in [0.15, 0.2) is 6.33 Å². The van der Waals surface area contributed by atoms with E-state index in [1.807, 2.05) is 19.0 Å². The summed E-state index contributed by atoms with van der Waals surface area (Å²) in [6, 6.07) is 0.268. The van der Waals surface area contributed by atoms with Gasteiger partial charge in [0.2, 0.25) is 11.8 Å². The number of anilines is 2. The highest BCUT2D eigenvalue weighted by Crippen LogP contribution is 2.41. The van der Waals surface area contributed by atoms with Gasteiger partial charge in [0, 0.05) is 19.1 Å². The van der Waals surface area contributed by atoms with Crippen molar-refractivity contribution in [1.82, 2.24) is 44.6 Å². The number of aryl methyl sites for hydroxylation is 1. The number of aromatic nitrogens is 8. The third-order valence-corrected chi connectivity index (χ3v) is 6.58. The number of rotatable bonds is 6. The predicted octanol–water partition coefficient (Wildman–Crippen LogP) is -0.340. The van der Waals surface area contributed by atoms with Gasteiger partial charge in [-0.1, -0.05) is 0 Å². The molecule has 0 unspecified atom stereocenters. The fourth-order valence-electron chi connectivity index (χ4n) is 4.51. The van der Waals surface area contributed by atoms with E-state index in [1.165, 1.54) is 15.7 Å². The zero-order chi connectivity index (χ0) is 27.4. The molecule has 2 fully saturated rings. The van der Waals surface area contributed by atoms with Crippen molar-refractivity contribution in [1.29, 1.82) is 0 Å². The molecule has 0 bridgehead atoms. The largest absolute Gasteiger partial charge is 0.490 e. The average Bonchev–Trinajstić information content (AvgIpc) is 3.64. The average molecular weight is 541 g/mol. The number of nitrogens with zero attached hydrogens (tertiary/aromatic N) is 10. The highest BCUT2D eigenvalue weighted by Gasteiger charge is 2.53. The highest BCUT2D eigenvalue weighted by atomic mass is 19.4. The number of hydrogen-bond acceptors (Lipinski definition) is 13. The van der Waals surface area contributed by atoms with Crippen molar-refractivity contribution in [2.24, 2.45) is 0 Å². The number of imidazole rings is 1. The summed E-state index contributed by atoms with van der Waals surface area (Å²) in [5, 5.41) is 22.6. The van der Waals surface area contributed by atoms with Gasteiger partial charge in [-0.15, -0.1) is 10.2 Å². The minimum atomic E-state index is -5.30. The van der Waals surface area contributed by atoms with E-state index in [0.717, 1.165) is 6.42 Å². The van der Waals surface area contributed by atoms with Gasteiger partial charge in [0.05, 0.1) is 12.9 Å². The first kappa shape index (κ1) is 26.0. The summed E-state index contributed by atoms with van der Waals surface area (Å²) in [5.41, 5.74) is 6.43. The first-order chi connectivity index (χ1) is 18.0. The topological polar surface area (TPSA) is 175 Å². The van der Waals surface area contributed by atoms with Crippen LogP contribution in [0, 0.1) is 0 Å². The van der Waals surface area contributed by atoms with Crippen LogP contribution in [0.25, 0.3) is 11.2 Å². The molecular formula is C20H26F3N11O4. The predicted molar refractivity (Wildman–Crippen MR) is 122 cm³/mol. The van der Waals surface area contributed by atoms with Crippen molar-refractivity contribution >= 4 is 28.9 Å². The molecule has 2 aliphatic rings. The summed E-state index contributed by atoms with van der Waals surface area (Å²) in [4.78, 5) is 30.1. The number of nitrogens with two attached hydrogens (primary N) is 1. The Kier molecular flexibility index (Phi) is 6.56. The Morgan fingerprint density at radius 1 is 1.34 bits per heavy atom. The third kappa shape index (κ3) is 4.58. The van der Waals surface area contributed by atoms with E-state index in [4.69, 9.17) is 15.2 Å². The van der Waals surface area contributed by atoms with Crippen molar-refractivity contribution < 1.29 is 32.5 Å². The zero-order valence-corrected chi connectivity index (χ0v) is 20.6. The molecule has 15 nitrogen and oxygen atoms in total. The smallest absolute Gasteiger partial charge is 0.448 e. The second kappa shape index (κ2) is 9.59. The molecule has 2 saturated heterocycles. The van der Waals surface area contributed by atoms with Crippen LogP contribution in [0.3, 0.4) is 0 Å². The maximum Gasteiger partial charge on any atom is 0.490 e. The molecule has 206 valence electrons. The SMILES string of the molecule is CCn1nnc([C@H]2O[C@@H](n3cnc4c(N)nc(N5CC[C@@H](N(C)C)C5)nc43)[C@H](OC(=O)C(F)(F)F)[C@@H]2O)n1. The molecule has 0 aromatic carbocycles. The van der Waals surface area contributed by atoms with Crippen molar-refractivity contribution in [3.63, 3.8) is 0 Å². The Bertz CT molecular complexity index is 1330. The first-order valence-electron chi connectivity index (χ1n) is 11.8. The van der Waals surface area contributed by atoms with Gasteiger partial charge in [0.25, 0.3) is 0 Å². The van der Waals surface area contributed by atoms with E-state index in [2.05, 4.69) is 35.3 Å². The minimum absolute atomic E-state index is 0.0449. The standard InChI is InChI=1S/C20H26F3N11O4/c1-4-34-29-15(28-30-34)12-11(35)13(38-18(36)20(21,22)23)17(37-12)33-8-25-10-14(24)26-19(27-16(10)33)32-6-5-9(7-32)31(2)3/h8-9,11-13,17,35H,4-7H2,1-3H3,(H2,24,26,27)/t9-,11-,12+,13-,17-/m1/s1. The number of ether oxygens (including phenoxy) is 2. The van der Waals surface area contributed by atoms with Gasteiger partial charge in [0.15, 0.2) is 29.9 Å². The van der Waals surface area contributed by atoms with Gasteiger partial charge in [-0.25, -0.2) is 9.78 Å². The summed E-state index contributed by atoms with van der Waals surface area (Å²) in [7, 11) is 3.94. The van der Waals surface area contributed by atoms with Gasteiger partial charge in [-0.2, -0.15) is 27.9 Å². The van der Waals surface area contributed by atoms with Crippen molar-refractivity contribution in [3.05, 3.63) is 12.2 Å². The van der Waals surface area contributed by atoms with Gasteiger partial charge in [-0.05, 0) is 32.7 Å². The second-order valence-corrected chi connectivity index (χ2v) is 9.23. The monoisotopic (exact) mass is 541 g/mol. The zero-order valence-electron chi connectivity index (χ0n) is 20.6. The van der Waals surface area contributed by atoms with Crippen molar-refractivity contribution in [2.75, 3.05) is 37.8 Å². The highest BCUT2D eigenvalue weighted by molar-refractivity contribution is 5.83. The number of halogens is 3. The summed E-state index contributed by atoms with van der Waals surface area (Å²) in [6.45, 7) is 3.39. The normalized spacial score (nSPS) is 26.1.